The maximum Gasteiger partial charge on any atom is 0.417 e. The molecule has 0 atom stereocenters. The van der Waals surface area contributed by atoms with Crippen LogP contribution in [0.3, 0.4) is 0 Å². The Morgan fingerprint density at radius 2 is 1.74 bits per heavy atom. The third-order valence-electron chi connectivity index (χ3n) is 3.77. The highest BCUT2D eigenvalue weighted by molar-refractivity contribution is 5.70. The first kappa shape index (κ1) is 21.0. The van der Waals surface area contributed by atoms with Crippen molar-refractivity contribution in [2.24, 2.45) is 0 Å². The number of carbonyl (C=O) groups excluding carboxylic acids is 1. The van der Waals surface area contributed by atoms with E-state index in [0.717, 1.165) is 31.6 Å². The molecular formula is C21H29NO5. The minimum atomic E-state index is -0.367. The molecule has 1 aromatic carbocycles. The van der Waals surface area contributed by atoms with Gasteiger partial charge in [-0.25, -0.2) is 4.79 Å². The number of hydrogen-bond donors (Lipinski definition) is 0. The SMILES string of the molecule is CCCOCOCCc1ccc(OCCCOC(=O)N2C=CCC=C2)cc1. The van der Waals surface area contributed by atoms with E-state index in [1.165, 1.54) is 10.5 Å². The summed E-state index contributed by atoms with van der Waals surface area (Å²) in [5.74, 6) is 0.805. The second kappa shape index (κ2) is 12.9. The normalized spacial score (nSPS) is 13.0. The first-order valence-electron chi connectivity index (χ1n) is 9.45. The van der Waals surface area contributed by atoms with Gasteiger partial charge < -0.3 is 18.9 Å². The van der Waals surface area contributed by atoms with Gasteiger partial charge in [-0.2, -0.15) is 0 Å². The molecule has 1 aliphatic rings. The maximum atomic E-state index is 11.8. The summed E-state index contributed by atoms with van der Waals surface area (Å²) < 4.78 is 21.6. The molecule has 27 heavy (non-hydrogen) atoms. The summed E-state index contributed by atoms with van der Waals surface area (Å²) in [6.45, 7) is 4.61. The molecule has 1 aliphatic heterocycles. The number of nitrogens with zero attached hydrogens (tertiary/aromatic N) is 1. The van der Waals surface area contributed by atoms with Crippen molar-refractivity contribution in [3.8, 4) is 5.75 Å². The summed E-state index contributed by atoms with van der Waals surface area (Å²) in [4.78, 5) is 13.2. The van der Waals surface area contributed by atoms with E-state index in [9.17, 15) is 4.79 Å². The van der Waals surface area contributed by atoms with Gasteiger partial charge >= 0.3 is 6.09 Å². The molecule has 0 bridgehead atoms. The molecule has 0 spiro atoms. The first-order chi connectivity index (χ1) is 13.3. The summed E-state index contributed by atoms with van der Waals surface area (Å²) >= 11 is 0. The lowest BCUT2D eigenvalue weighted by Crippen LogP contribution is -2.23. The topological polar surface area (TPSA) is 57.2 Å². The van der Waals surface area contributed by atoms with E-state index in [1.807, 2.05) is 36.4 Å². The van der Waals surface area contributed by atoms with Crippen molar-refractivity contribution >= 4 is 6.09 Å². The van der Waals surface area contributed by atoms with Crippen LogP contribution in [0.4, 0.5) is 4.79 Å². The molecule has 0 aromatic heterocycles. The molecule has 0 aliphatic carbocycles. The second-order valence-corrected chi connectivity index (χ2v) is 6.06. The Kier molecular flexibility index (Phi) is 10.1. The summed E-state index contributed by atoms with van der Waals surface area (Å²) in [6, 6.07) is 7.94. The van der Waals surface area contributed by atoms with Crippen LogP contribution in [-0.2, 0) is 20.6 Å². The fourth-order valence-electron chi connectivity index (χ4n) is 2.35. The van der Waals surface area contributed by atoms with E-state index >= 15 is 0 Å². The molecular weight excluding hydrogens is 346 g/mol. The van der Waals surface area contributed by atoms with Gasteiger partial charge in [-0.3, -0.25) is 4.90 Å². The molecule has 0 unspecified atom stereocenters. The van der Waals surface area contributed by atoms with Crippen LogP contribution in [0.25, 0.3) is 0 Å². The lowest BCUT2D eigenvalue weighted by molar-refractivity contribution is -0.0524. The van der Waals surface area contributed by atoms with Crippen molar-refractivity contribution in [3.05, 3.63) is 54.4 Å². The van der Waals surface area contributed by atoms with E-state index < -0.39 is 0 Å². The molecule has 148 valence electrons. The van der Waals surface area contributed by atoms with Crippen LogP contribution < -0.4 is 4.74 Å². The van der Waals surface area contributed by atoms with Crippen LogP contribution in [0.5, 0.6) is 5.75 Å². The van der Waals surface area contributed by atoms with Crippen LogP contribution in [0.1, 0.15) is 31.7 Å². The Balaban J connectivity index is 1.53. The van der Waals surface area contributed by atoms with Gasteiger partial charge in [-0.05, 0) is 37.0 Å². The lowest BCUT2D eigenvalue weighted by Gasteiger charge is -2.15. The molecule has 1 amide bonds. The summed E-state index contributed by atoms with van der Waals surface area (Å²) in [5, 5.41) is 0. The van der Waals surface area contributed by atoms with E-state index in [1.54, 1.807) is 12.4 Å². The van der Waals surface area contributed by atoms with Crippen molar-refractivity contribution in [2.45, 2.75) is 32.6 Å². The van der Waals surface area contributed by atoms with Crippen molar-refractivity contribution in [1.29, 1.82) is 0 Å². The predicted molar refractivity (Wildman–Crippen MR) is 103 cm³/mol. The van der Waals surface area contributed by atoms with Crippen molar-refractivity contribution in [3.63, 3.8) is 0 Å². The number of amides is 1. The molecule has 6 heteroatoms. The highest BCUT2D eigenvalue weighted by atomic mass is 16.7. The summed E-state index contributed by atoms with van der Waals surface area (Å²) in [7, 11) is 0. The molecule has 0 saturated heterocycles. The molecule has 0 fully saturated rings. The Hall–Kier alpha value is -2.31. The Labute approximate surface area is 161 Å². The number of benzene rings is 1. The molecule has 6 nitrogen and oxygen atoms in total. The van der Waals surface area contributed by atoms with Gasteiger partial charge in [0.2, 0.25) is 0 Å². The van der Waals surface area contributed by atoms with Gasteiger partial charge in [0, 0.05) is 25.4 Å². The zero-order valence-corrected chi connectivity index (χ0v) is 16.0. The zero-order chi connectivity index (χ0) is 19.2. The Bertz CT molecular complexity index is 585. The maximum absolute atomic E-state index is 11.8. The summed E-state index contributed by atoms with van der Waals surface area (Å²) in [5.41, 5.74) is 1.19. The highest BCUT2D eigenvalue weighted by Gasteiger charge is 2.10. The molecule has 0 radical (unpaired) electrons. The van der Waals surface area contributed by atoms with E-state index in [4.69, 9.17) is 18.9 Å². The fourth-order valence-corrected chi connectivity index (χ4v) is 2.35. The molecule has 1 aromatic rings. The van der Waals surface area contributed by atoms with Gasteiger partial charge in [0.05, 0.1) is 19.8 Å². The quantitative estimate of drug-likeness (QED) is 0.403. The van der Waals surface area contributed by atoms with Gasteiger partial charge in [0.15, 0.2) is 0 Å². The average molecular weight is 375 g/mol. The van der Waals surface area contributed by atoms with Crippen molar-refractivity contribution in [2.75, 3.05) is 33.2 Å². The average Bonchev–Trinajstić information content (AvgIpc) is 2.72. The standard InChI is InChI=1S/C21H29NO5/c1-2-14-24-18-25-17-11-19-7-9-20(10-8-19)26-15-6-16-27-21(23)22-12-4-3-5-13-22/h4-5,7-10,12-13H,2-3,6,11,14-18H2,1H3. The van der Waals surface area contributed by atoms with Crippen LogP contribution in [0, 0.1) is 0 Å². The van der Waals surface area contributed by atoms with E-state index in [0.29, 0.717) is 33.0 Å². The zero-order valence-electron chi connectivity index (χ0n) is 16.0. The molecule has 1 heterocycles. The second-order valence-electron chi connectivity index (χ2n) is 6.06. The molecule has 0 N–H and O–H groups in total. The number of allylic oxidation sites excluding steroid dienone is 2. The van der Waals surface area contributed by atoms with E-state index in [2.05, 4.69) is 6.92 Å². The summed E-state index contributed by atoms with van der Waals surface area (Å²) in [6.07, 6.45) is 10.2. The number of rotatable bonds is 12. The number of ether oxygens (including phenoxy) is 4. The molecule has 0 saturated carbocycles. The van der Waals surface area contributed by atoms with E-state index in [-0.39, 0.29) is 6.09 Å². The third-order valence-corrected chi connectivity index (χ3v) is 3.77. The smallest absolute Gasteiger partial charge is 0.417 e. The number of carbonyl (C=O) groups is 1. The predicted octanol–water partition coefficient (Wildman–Crippen LogP) is 4.27. The van der Waals surface area contributed by atoms with Gasteiger partial charge in [-0.15, -0.1) is 0 Å². The Morgan fingerprint density at radius 3 is 2.48 bits per heavy atom. The fraction of sp³-hybridized carbons (Fsp3) is 0.476. The highest BCUT2D eigenvalue weighted by Crippen LogP contribution is 2.13. The molecule has 2 rings (SSSR count). The monoisotopic (exact) mass is 375 g/mol. The van der Waals surface area contributed by atoms with Gasteiger partial charge in [0.25, 0.3) is 0 Å². The minimum absolute atomic E-state index is 0.326. The van der Waals surface area contributed by atoms with Gasteiger partial charge in [-0.1, -0.05) is 31.2 Å². The number of hydrogen-bond acceptors (Lipinski definition) is 5. The largest absolute Gasteiger partial charge is 0.493 e. The van der Waals surface area contributed by atoms with Gasteiger partial charge in [0.1, 0.15) is 12.5 Å². The van der Waals surface area contributed by atoms with Crippen LogP contribution in [0.15, 0.2) is 48.8 Å². The first-order valence-corrected chi connectivity index (χ1v) is 9.45. The van der Waals surface area contributed by atoms with Crippen molar-refractivity contribution in [1.82, 2.24) is 4.90 Å². The Morgan fingerprint density at radius 1 is 1.00 bits per heavy atom. The minimum Gasteiger partial charge on any atom is -0.493 e. The third kappa shape index (κ3) is 8.75. The lowest BCUT2D eigenvalue weighted by atomic mass is 10.1. The van der Waals surface area contributed by atoms with Crippen LogP contribution >= 0.6 is 0 Å². The van der Waals surface area contributed by atoms with Crippen LogP contribution in [-0.4, -0.2) is 44.2 Å². The van der Waals surface area contributed by atoms with Crippen LogP contribution in [0.2, 0.25) is 0 Å². The van der Waals surface area contributed by atoms with Crippen molar-refractivity contribution < 1.29 is 23.7 Å².